The number of carbonyl (C=O) groups excluding carboxylic acids is 1. The van der Waals surface area contributed by atoms with E-state index < -0.39 is 6.10 Å². The summed E-state index contributed by atoms with van der Waals surface area (Å²) >= 11 is 0. The number of benzene rings is 2. The number of likely N-dealkylation sites (N-methyl/N-ethyl adjacent to an activating group) is 1. The number of amides is 1. The number of nitrogens with zero attached hydrogens (tertiary/aromatic N) is 1. The second-order valence-electron chi connectivity index (χ2n) is 6.52. The minimum absolute atomic E-state index is 0.0118. The van der Waals surface area contributed by atoms with Crippen molar-refractivity contribution in [2.24, 2.45) is 0 Å². The summed E-state index contributed by atoms with van der Waals surface area (Å²) in [5.74, 6) is -0.302. The zero-order valence-corrected chi connectivity index (χ0v) is 15.2. The van der Waals surface area contributed by atoms with Crippen LogP contribution in [0.2, 0.25) is 0 Å². The van der Waals surface area contributed by atoms with Gasteiger partial charge in [-0.25, -0.2) is 0 Å². The number of hydrogen-bond donors (Lipinski definition) is 2. The Balaban J connectivity index is 2.22. The number of nitrogen functional groups attached to an aromatic ring is 1. The number of nitrogens with two attached hydrogens (primary N) is 1. The van der Waals surface area contributed by atoms with E-state index in [1.807, 2.05) is 61.5 Å². The normalized spacial score (nSPS) is 14.6. The molecule has 0 aliphatic heterocycles. The molecule has 0 heterocycles. The van der Waals surface area contributed by atoms with Gasteiger partial charge in [-0.15, -0.1) is 0 Å². The Hall–Kier alpha value is -2.33. The Morgan fingerprint density at radius 3 is 2.32 bits per heavy atom. The zero-order chi connectivity index (χ0) is 18.4. The Bertz CT molecular complexity index is 687. The van der Waals surface area contributed by atoms with E-state index in [0.717, 1.165) is 24.0 Å². The van der Waals surface area contributed by atoms with Crippen molar-refractivity contribution in [2.75, 3.05) is 12.8 Å². The number of aliphatic hydroxyl groups is 1. The lowest BCUT2D eigenvalue weighted by atomic mass is 9.91. The summed E-state index contributed by atoms with van der Waals surface area (Å²) in [5, 5.41) is 10.6. The molecule has 0 saturated carbocycles. The van der Waals surface area contributed by atoms with Crippen LogP contribution in [0.4, 0.5) is 5.69 Å². The van der Waals surface area contributed by atoms with E-state index in [4.69, 9.17) is 5.73 Å². The lowest BCUT2D eigenvalue weighted by Gasteiger charge is -2.32. The van der Waals surface area contributed by atoms with Gasteiger partial charge in [-0.05, 0) is 30.5 Å². The van der Waals surface area contributed by atoms with E-state index in [2.05, 4.69) is 6.92 Å². The summed E-state index contributed by atoms with van der Waals surface area (Å²) in [5.41, 5.74) is 8.40. The van der Waals surface area contributed by atoms with Gasteiger partial charge in [0.15, 0.2) is 0 Å². The molecule has 0 unspecified atom stereocenters. The summed E-state index contributed by atoms with van der Waals surface area (Å²) in [6.45, 7) is 3.93. The van der Waals surface area contributed by atoms with E-state index >= 15 is 0 Å². The molecular formula is C21H28N2O2. The first-order chi connectivity index (χ1) is 12.0. The van der Waals surface area contributed by atoms with Crippen molar-refractivity contribution in [3.8, 4) is 0 Å². The third kappa shape index (κ3) is 4.40. The Morgan fingerprint density at radius 2 is 1.72 bits per heavy atom. The smallest absolute Gasteiger partial charge is 0.230 e. The Kier molecular flexibility index (Phi) is 6.59. The van der Waals surface area contributed by atoms with Crippen molar-refractivity contribution in [2.45, 2.75) is 44.8 Å². The molecule has 4 heteroatoms. The molecule has 134 valence electrons. The minimum atomic E-state index is -0.731. The van der Waals surface area contributed by atoms with Crippen LogP contribution in [0.5, 0.6) is 0 Å². The maximum Gasteiger partial charge on any atom is 0.230 e. The maximum atomic E-state index is 13.1. The second kappa shape index (κ2) is 8.67. The van der Waals surface area contributed by atoms with Gasteiger partial charge < -0.3 is 15.7 Å². The van der Waals surface area contributed by atoms with Gasteiger partial charge in [0.05, 0.1) is 18.1 Å². The molecule has 0 fully saturated rings. The van der Waals surface area contributed by atoms with Gasteiger partial charge >= 0.3 is 0 Å². The van der Waals surface area contributed by atoms with Crippen LogP contribution >= 0.6 is 0 Å². The first-order valence-corrected chi connectivity index (χ1v) is 8.81. The van der Waals surface area contributed by atoms with Gasteiger partial charge in [0.25, 0.3) is 0 Å². The molecule has 1 amide bonds. The standard InChI is InChI=1S/C21H28N2O2/c1-4-10-18(17-13-8-9-14-19(17)22)21(25)23(3)15(2)20(24)16-11-6-5-7-12-16/h5-9,11-15,18,20,24H,4,10,22H2,1-3H3/t15-,18+,20+/m0/s1. The molecule has 2 aromatic rings. The van der Waals surface area contributed by atoms with Crippen molar-refractivity contribution >= 4 is 11.6 Å². The number of hydrogen-bond acceptors (Lipinski definition) is 3. The van der Waals surface area contributed by atoms with Crippen LogP contribution in [-0.2, 0) is 4.79 Å². The Morgan fingerprint density at radius 1 is 1.12 bits per heavy atom. The van der Waals surface area contributed by atoms with Crippen LogP contribution in [0, 0.1) is 0 Å². The average molecular weight is 340 g/mol. The molecule has 0 radical (unpaired) electrons. The highest BCUT2D eigenvalue weighted by Gasteiger charge is 2.30. The SMILES string of the molecule is CCC[C@@H](C(=O)N(C)[C@@H](C)[C@@H](O)c1ccccc1)c1ccccc1N. The first kappa shape index (κ1) is 19.0. The van der Waals surface area contributed by atoms with E-state index in [-0.39, 0.29) is 17.9 Å². The number of rotatable bonds is 7. The van der Waals surface area contributed by atoms with Gasteiger partial charge in [0.1, 0.15) is 0 Å². The highest BCUT2D eigenvalue weighted by atomic mass is 16.3. The van der Waals surface area contributed by atoms with Crippen LogP contribution in [0.25, 0.3) is 0 Å². The molecule has 0 aromatic heterocycles. The largest absolute Gasteiger partial charge is 0.398 e. The van der Waals surface area contributed by atoms with Crippen molar-refractivity contribution in [3.63, 3.8) is 0 Å². The van der Waals surface area contributed by atoms with Gasteiger partial charge in [0.2, 0.25) is 5.91 Å². The number of para-hydroxylation sites is 1. The van der Waals surface area contributed by atoms with Crippen LogP contribution in [0.3, 0.4) is 0 Å². The van der Waals surface area contributed by atoms with Gasteiger partial charge in [-0.2, -0.15) is 0 Å². The lowest BCUT2D eigenvalue weighted by Crippen LogP contribution is -2.41. The third-order valence-electron chi connectivity index (χ3n) is 4.80. The predicted octanol–water partition coefficient (Wildman–Crippen LogP) is 3.73. The molecule has 25 heavy (non-hydrogen) atoms. The van der Waals surface area contributed by atoms with Crippen molar-refractivity contribution in [1.29, 1.82) is 0 Å². The summed E-state index contributed by atoms with van der Waals surface area (Å²) in [7, 11) is 1.75. The molecule has 0 bridgehead atoms. The van der Waals surface area contributed by atoms with Crippen molar-refractivity contribution < 1.29 is 9.90 Å². The summed E-state index contributed by atoms with van der Waals surface area (Å²) in [6, 6.07) is 16.6. The highest BCUT2D eigenvalue weighted by molar-refractivity contribution is 5.85. The predicted molar refractivity (Wildman–Crippen MR) is 102 cm³/mol. The fourth-order valence-corrected chi connectivity index (χ4v) is 3.12. The second-order valence-corrected chi connectivity index (χ2v) is 6.52. The molecule has 4 nitrogen and oxygen atoms in total. The number of anilines is 1. The van der Waals surface area contributed by atoms with E-state index in [9.17, 15) is 9.90 Å². The first-order valence-electron chi connectivity index (χ1n) is 8.81. The number of carbonyl (C=O) groups is 1. The van der Waals surface area contributed by atoms with Crippen LogP contribution in [0.15, 0.2) is 54.6 Å². The fourth-order valence-electron chi connectivity index (χ4n) is 3.12. The summed E-state index contributed by atoms with van der Waals surface area (Å²) in [4.78, 5) is 14.8. The molecule has 3 N–H and O–H groups in total. The van der Waals surface area contributed by atoms with Gasteiger partial charge in [-0.1, -0.05) is 61.9 Å². The molecule has 0 aliphatic carbocycles. The van der Waals surface area contributed by atoms with E-state index in [1.54, 1.807) is 11.9 Å². The van der Waals surface area contributed by atoms with Gasteiger partial charge in [-0.3, -0.25) is 4.79 Å². The molecule has 2 rings (SSSR count). The average Bonchev–Trinajstić information content (AvgIpc) is 2.65. The van der Waals surface area contributed by atoms with Crippen LogP contribution in [-0.4, -0.2) is 29.0 Å². The minimum Gasteiger partial charge on any atom is -0.398 e. The van der Waals surface area contributed by atoms with E-state index in [1.165, 1.54) is 0 Å². The van der Waals surface area contributed by atoms with Gasteiger partial charge in [0, 0.05) is 12.7 Å². The van der Waals surface area contributed by atoms with Crippen molar-refractivity contribution in [1.82, 2.24) is 4.90 Å². The maximum absolute atomic E-state index is 13.1. The molecule has 0 aliphatic rings. The Labute approximate surface area is 150 Å². The quantitative estimate of drug-likeness (QED) is 0.755. The number of aliphatic hydroxyl groups excluding tert-OH is 1. The third-order valence-corrected chi connectivity index (χ3v) is 4.80. The zero-order valence-electron chi connectivity index (χ0n) is 15.2. The van der Waals surface area contributed by atoms with Crippen LogP contribution in [0.1, 0.15) is 49.8 Å². The summed E-state index contributed by atoms with van der Waals surface area (Å²) in [6.07, 6.45) is 0.880. The molecular weight excluding hydrogens is 312 g/mol. The topological polar surface area (TPSA) is 66.6 Å². The molecule has 0 saturated heterocycles. The molecule has 2 aromatic carbocycles. The fraction of sp³-hybridized carbons (Fsp3) is 0.381. The van der Waals surface area contributed by atoms with Crippen LogP contribution < -0.4 is 5.73 Å². The monoisotopic (exact) mass is 340 g/mol. The lowest BCUT2D eigenvalue weighted by molar-refractivity contribution is -0.135. The molecule has 0 spiro atoms. The molecule has 3 atom stereocenters. The van der Waals surface area contributed by atoms with Crippen molar-refractivity contribution in [3.05, 3.63) is 65.7 Å². The summed E-state index contributed by atoms with van der Waals surface area (Å²) < 4.78 is 0. The van der Waals surface area contributed by atoms with E-state index in [0.29, 0.717) is 5.69 Å². The highest BCUT2D eigenvalue weighted by Crippen LogP contribution is 2.30.